The van der Waals surface area contributed by atoms with Gasteiger partial charge >= 0.3 is 0 Å². The molecule has 1 aromatic carbocycles. The third-order valence-corrected chi connectivity index (χ3v) is 3.07. The van der Waals surface area contributed by atoms with Crippen molar-refractivity contribution in [2.24, 2.45) is 11.1 Å². The van der Waals surface area contributed by atoms with Gasteiger partial charge in [0.05, 0.1) is 18.6 Å². The first-order valence-corrected chi connectivity index (χ1v) is 6.05. The standard InChI is InChI=1S/C14H22N2O2/c1-10(16-13(17)14(2,3)9-15)11-6-5-7-12(8-11)18-4/h5-8,10H,9,15H2,1-4H3,(H,16,17). The molecule has 1 amide bonds. The maximum Gasteiger partial charge on any atom is 0.227 e. The highest BCUT2D eigenvalue weighted by atomic mass is 16.5. The van der Waals surface area contributed by atoms with Crippen molar-refractivity contribution >= 4 is 5.91 Å². The molecule has 100 valence electrons. The minimum absolute atomic E-state index is 0.0414. The van der Waals surface area contributed by atoms with E-state index in [0.717, 1.165) is 11.3 Å². The van der Waals surface area contributed by atoms with Gasteiger partial charge in [-0.1, -0.05) is 12.1 Å². The van der Waals surface area contributed by atoms with Crippen molar-refractivity contribution in [1.29, 1.82) is 0 Å². The fraction of sp³-hybridized carbons (Fsp3) is 0.500. The van der Waals surface area contributed by atoms with Crippen molar-refractivity contribution in [2.75, 3.05) is 13.7 Å². The maximum absolute atomic E-state index is 12.0. The number of hydrogen-bond acceptors (Lipinski definition) is 3. The SMILES string of the molecule is COc1cccc(C(C)NC(=O)C(C)(C)CN)c1. The van der Waals surface area contributed by atoms with Crippen molar-refractivity contribution < 1.29 is 9.53 Å². The lowest BCUT2D eigenvalue weighted by Gasteiger charge is -2.24. The van der Waals surface area contributed by atoms with Crippen molar-refractivity contribution in [3.63, 3.8) is 0 Å². The van der Waals surface area contributed by atoms with E-state index < -0.39 is 5.41 Å². The Morgan fingerprint density at radius 1 is 1.50 bits per heavy atom. The zero-order valence-electron chi connectivity index (χ0n) is 11.5. The Labute approximate surface area is 109 Å². The Hall–Kier alpha value is -1.55. The second-order valence-corrected chi connectivity index (χ2v) is 5.06. The molecule has 0 spiro atoms. The van der Waals surface area contributed by atoms with Crippen molar-refractivity contribution in [3.05, 3.63) is 29.8 Å². The lowest BCUT2D eigenvalue weighted by Crippen LogP contribution is -2.42. The van der Waals surface area contributed by atoms with Gasteiger partial charge < -0.3 is 15.8 Å². The fourth-order valence-corrected chi connectivity index (χ4v) is 1.48. The van der Waals surface area contributed by atoms with Crippen LogP contribution in [0.25, 0.3) is 0 Å². The van der Waals surface area contributed by atoms with E-state index in [4.69, 9.17) is 10.5 Å². The van der Waals surface area contributed by atoms with E-state index >= 15 is 0 Å². The number of benzene rings is 1. The number of hydrogen-bond donors (Lipinski definition) is 2. The summed E-state index contributed by atoms with van der Waals surface area (Å²) in [7, 11) is 1.62. The number of carbonyl (C=O) groups is 1. The summed E-state index contributed by atoms with van der Waals surface area (Å²) in [6.45, 7) is 5.93. The van der Waals surface area contributed by atoms with Gasteiger partial charge in [-0.3, -0.25) is 4.79 Å². The molecule has 0 fully saturated rings. The molecule has 4 heteroatoms. The molecule has 3 N–H and O–H groups in total. The third-order valence-electron chi connectivity index (χ3n) is 3.07. The average molecular weight is 250 g/mol. The van der Waals surface area contributed by atoms with Crippen LogP contribution in [-0.2, 0) is 4.79 Å². The highest BCUT2D eigenvalue weighted by molar-refractivity contribution is 5.82. The van der Waals surface area contributed by atoms with Gasteiger partial charge in [-0.2, -0.15) is 0 Å². The topological polar surface area (TPSA) is 64.3 Å². The van der Waals surface area contributed by atoms with Crippen LogP contribution in [0.1, 0.15) is 32.4 Å². The number of methoxy groups -OCH3 is 1. The first-order chi connectivity index (χ1) is 8.40. The van der Waals surface area contributed by atoms with E-state index in [1.165, 1.54) is 0 Å². The van der Waals surface area contributed by atoms with Crippen LogP contribution in [0.3, 0.4) is 0 Å². The van der Waals surface area contributed by atoms with Crippen molar-refractivity contribution in [3.8, 4) is 5.75 Å². The van der Waals surface area contributed by atoms with Gasteiger partial charge in [0, 0.05) is 6.54 Å². The summed E-state index contributed by atoms with van der Waals surface area (Å²) in [6, 6.07) is 7.59. The molecule has 0 aliphatic rings. The van der Waals surface area contributed by atoms with Crippen molar-refractivity contribution in [1.82, 2.24) is 5.32 Å². The smallest absolute Gasteiger partial charge is 0.227 e. The van der Waals surface area contributed by atoms with E-state index in [2.05, 4.69) is 5.32 Å². The summed E-state index contributed by atoms with van der Waals surface area (Å²) in [4.78, 5) is 12.0. The molecule has 0 saturated heterocycles. The summed E-state index contributed by atoms with van der Waals surface area (Å²) in [5, 5.41) is 2.96. The molecule has 0 aromatic heterocycles. The summed E-state index contributed by atoms with van der Waals surface area (Å²) >= 11 is 0. The van der Waals surface area contributed by atoms with Crippen LogP contribution in [-0.4, -0.2) is 19.6 Å². The van der Waals surface area contributed by atoms with Gasteiger partial charge in [0.2, 0.25) is 5.91 Å². The number of ether oxygens (including phenoxy) is 1. The zero-order valence-corrected chi connectivity index (χ0v) is 11.5. The van der Waals surface area contributed by atoms with Crippen LogP contribution in [0.4, 0.5) is 0 Å². The minimum atomic E-state index is -0.548. The number of carbonyl (C=O) groups excluding carboxylic acids is 1. The van der Waals surface area contributed by atoms with E-state index in [1.807, 2.05) is 45.0 Å². The minimum Gasteiger partial charge on any atom is -0.497 e. The van der Waals surface area contributed by atoms with Gasteiger partial charge in [-0.15, -0.1) is 0 Å². The molecule has 0 radical (unpaired) electrons. The van der Waals surface area contributed by atoms with Gasteiger partial charge in [-0.25, -0.2) is 0 Å². The summed E-state index contributed by atoms with van der Waals surface area (Å²) in [5.41, 5.74) is 6.05. The quantitative estimate of drug-likeness (QED) is 0.838. The van der Waals surface area contributed by atoms with Gasteiger partial charge in [-0.05, 0) is 38.5 Å². The van der Waals surface area contributed by atoms with Crippen LogP contribution in [0.2, 0.25) is 0 Å². The van der Waals surface area contributed by atoms with Crippen molar-refractivity contribution in [2.45, 2.75) is 26.8 Å². The predicted octanol–water partition coefficient (Wildman–Crippen LogP) is 1.86. The molecule has 0 aliphatic carbocycles. The normalized spacial score (nSPS) is 12.9. The lowest BCUT2D eigenvalue weighted by atomic mass is 9.92. The fourth-order valence-electron chi connectivity index (χ4n) is 1.48. The second kappa shape index (κ2) is 5.87. The highest BCUT2D eigenvalue weighted by Crippen LogP contribution is 2.21. The molecule has 0 bridgehead atoms. The molecule has 0 aliphatic heterocycles. The monoisotopic (exact) mass is 250 g/mol. The Morgan fingerprint density at radius 2 is 2.17 bits per heavy atom. The lowest BCUT2D eigenvalue weighted by molar-refractivity contribution is -0.129. The second-order valence-electron chi connectivity index (χ2n) is 5.06. The molecular formula is C14H22N2O2. The van der Waals surface area contributed by atoms with Crippen LogP contribution in [0.5, 0.6) is 5.75 Å². The maximum atomic E-state index is 12.0. The Bertz CT molecular complexity index is 416. The van der Waals surface area contributed by atoms with Crippen LogP contribution >= 0.6 is 0 Å². The molecule has 1 aromatic rings. The Balaban J connectivity index is 2.76. The van der Waals surface area contributed by atoms with E-state index in [1.54, 1.807) is 7.11 Å². The zero-order chi connectivity index (χ0) is 13.8. The molecule has 0 heterocycles. The Kier molecular flexibility index (Phi) is 4.73. The highest BCUT2D eigenvalue weighted by Gasteiger charge is 2.26. The number of nitrogens with two attached hydrogens (primary N) is 1. The molecule has 18 heavy (non-hydrogen) atoms. The number of rotatable bonds is 5. The van der Waals surface area contributed by atoms with E-state index in [9.17, 15) is 4.79 Å². The molecular weight excluding hydrogens is 228 g/mol. The van der Waals surface area contributed by atoms with Gasteiger partial charge in [0.15, 0.2) is 0 Å². The largest absolute Gasteiger partial charge is 0.497 e. The summed E-state index contributed by atoms with van der Waals surface area (Å²) in [6.07, 6.45) is 0. The predicted molar refractivity (Wildman–Crippen MR) is 72.4 cm³/mol. The van der Waals surface area contributed by atoms with Crippen LogP contribution < -0.4 is 15.8 Å². The van der Waals surface area contributed by atoms with E-state index in [-0.39, 0.29) is 11.9 Å². The molecule has 1 unspecified atom stereocenters. The third kappa shape index (κ3) is 3.47. The van der Waals surface area contributed by atoms with E-state index in [0.29, 0.717) is 6.54 Å². The molecule has 4 nitrogen and oxygen atoms in total. The molecule has 0 saturated carbocycles. The summed E-state index contributed by atoms with van der Waals surface area (Å²) < 4.78 is 5.17. The first-order valence-electron chi connectivity index (χ1n) is 6.05. The van der Waals surface area contributed by atoms with Gasteiger partial charge in [0.1, 0.15) is 5.75 Å². The van der Waals surface area contributed by atoms with Crippen LogP contribution in [0, 0.1) is 5.41 Å². The number of amides is 1. The van der Waals surface area contributed by atoms with Crippen LogP contribution in [0.15, 0.2) is 24.3 Å². The Morgan fingerprint density at radius 3 is 2.72 bits per heavy atom. The van der Waals surface area contributed by atoms with Gasteiger partial charge in [0.25, 0.3) is 0 Å². The number of nitrogens with one attached hydrogen (secondary N) is 1. The molecule has 1 rings (SSSR count). The molecule has 1 atom stereocenters. The average Bonchev–Trinajstić information content (AvgIpc) is 2.38. The summed E-state index contributed by atoms with van der Waals surface area (Å²) in [5.74, 6) is 0.743. The first kappa shape index (κ1) is 14.5.